The third kappa shape index (κ3) is 8.58. The van der Waals surface area contributed by atoms with E-state index in [0.717, 1.165) is 92.9 Å². The van der Waals surface area contributed by atoms with Crippen molar-refractivity contribution < 1.29 is 21.6 Å². The highest BCUT2D eigenvalue weighted by Crippen LogP contribution is 2.37. The number of alkyl halides is 3. The van der Waals surface area contributed by atoms with Crippen molar-refractivity contribution in [2.45, 2.75) is 57.1 Å². The first kappa shape index (κ1) is 34.1. The summed E-state index contributed by atoms with van der Waals surface area (Å²) in [6.45, 7) is 8.72. The molecule has 2 saturated heterocycles. The van der Waals surface area contributed by atoms with Crippen molar-refractivity contribution in [1.82, 2.24) is 14.1 Å². The van der Waals surface area contributed by atoms with E-state index in [1.54, 1.807) is 0 Å². The van der Waals surface area contributed by atoms with Gasteiger partial charge in [0.15, 0.2) is 0 Å². The lowest BCUT2D eigenvalue weighted by atomic mass is 10.0. The van der Waals surface area contributed by atoms with E-state index in [2.05, 4.69) is 51.2 Å². The van der Waals surface area contributed by atoms with Gasteiger partial charge in [-0.1, -0.05) is 37.3 Å². The number of sulfonamides is 1. The molecule has 42 heavy (non-hydrogen) atoms. The van der Waals surface area contributed by atoms with Crippen molar-refractivity contribution in [3.8, 4) is 0 Å². The van der Waals surface area contributed by atoms with Crippen LogP contribution in [-0.4, -0.2) is 93.5 Å². The Kier molecular flexibility index (Phi) is 11.7. The van der Waals surface area contributed by atoms with Crippen molar-refractivity contribution >= 4 is 38.6 Å². The number of piperazine rings is 1. The third-order valence-corrected chi connectivity index (χ3v) is 10.2. The zero-order valence-corrected chi connectivity index (χ0v) is 25.6. The monoisotopic (exact) mass is 627 g/mol. The summed E-state index contributed by atoms with van der Waals surface area (Å²) in [7, 11) is -1.80. The second kappa shape index (κ2) is 14.4. The van der Waals surface area contributed by atoms with Crippen molar-refractivity contribution in [1.29, 1.82) is 0 Å². The molecule has 1 N–H and O–H groups in total. The maximum Gasteiger partial charge on any atom is 0.417 e. The number of nitrogens with one attached hydrogen (secondary N) is 1. The number of anilines is 2. The summed E-state index contributed by atoms with van der Waals surface area (Å²) >= 11 is 5.72. The molecule has 0 radical (unpaired) electrons. The van der Waals surface area contributed by atoms with Crippen LogP contribution in [0.1, 0.15) is 44.2 Å². The smallest absolute Gasteiger partial charge is 0.382 e. The molecule has 2 fully saturated rings. The first-order valence-corrected chi connectivity index (χ1v) is 15.9. The largest absolute Gasteiger partial charge is 0.417 e. The van der Waals surface area contributed by atoms with Gasteiger partial charge in [-0.3, -0.25) is 4.90 Å². The highest BCUT2D eigenvalue weighted by atomic mass is 32.2. The number of rotatable bonds is 9. The van der Waals surface area contributed by atoms with Gasteiger partial charge in [-0.05, 0) is 69.5 Å². The molecule has 2 aromatic carbocycles. The van der Waals surface area contributed by atoms with Gasteiger partial charge in [-0.2, -0.15) is 13.2 Å². The Balaban J connectivity index is 0.00000484. The average molecular weight is 628 g/mol. The number of benzene rings is 2. The first-order valence-electron chi connectivity index (χ1n) is 14.1. The normalized spacial score (nSPS) is 17.3. The summed E-state index contributed by atoms with van der Waals surface area (Å²) in [5.74, 6) is 0. The molecule has 0 saturated carbocycles. The van der Waals surface area contributed by atoms with Crippen molar-refractivity contribution in [3.63, 3.8) is 0 Å². The molecule has 4 rings (SSSR count). The van der Waals surface area contributed by atoms with Gasteiger partial charge < -0.3 is 15.1 Å². The van der Waals surface area contributed by atoms with E-state index in [1.807, 2.05) is 0 Å². The van der Waals surface area contributed by atoms with E-state index in [4.69, 9.17) is 12.2 Å². The van der Waals surface area contributed by atoms with E-state index in [0.29, 0.717) is 0 Å². The lowest BCUT2D eigenvalue weighted by molar-refractivity contribution is -0.139. The third-order valence-electron chi connectivity index (χ3n) is 7.90. The number of thiocarbonyl (C=S) groups is 1. The van der Waals surface area contributed by atoms with Gasteiger partial charge in [0, 0.05) is 70.8 Å². The van der Waals surface area contributed by atoms with Gasteiger partial charge in [0.1, 0.15) is 0 Å². The zero-order valence-electron chi connectivity index (χ0n) is 24.0. The standard InChI is InChI=1S/C29H40F3N5O2S2.CH4/c1-22-6-9-25(10-7-22)36-19-17-35(18-20-36)14-4-5-28(40)37-15-12-23(13-16-37)33-24-8-11-27(41(38,39)34(2)3)26(21-24)29(30,31)32;/h6-11,21,23,33H,4-5,12-20H2,1-3H3;1H4. The highest BCUT2D eigenvalue weighted by Gasteiger charge is 2.38. The number of likely N-dealkylation sites (tertiary alicyclic amines) is 1. The summed E-state index contributed by atoms with van der Waals surface area (Å²) in [6, 6.07) is 12.0. The average Bonchev–Trinajstić information content (AvgIpc) is 2.93. The fourth-order valence-corrected chi connectivity index (χ4v) is 6.78. The number of nitrogens with zero attached hydrogens (tertiary/aromatic N) is 4. The van der Waals surface area contributed by atoms with Crippen LogP contribution in [0.25, 0.3) is 0 Å². The molecule has 0 amide bonds. The second-order valence-electron chi connectivity index (χ2n) is 11.1. The Labute approximate surface area is 254 Å². The quantitative estimate of drug-likeness (QED) is 0.358. The van der Waals surface area contributed by atoms with E-state index in [9.17, 15) is 21.6 Å². The molecule has 0 aliphatic carbocycles. The van der Waals surface area contributed by atoms with Crippen LogP contribution in [0, 0.1) is 6.92 Å². The molecule has 0 bridgehead atoms. The number of aryl methyl sites for hydroxylation is 1. The van der Waals surface area contributed by atoms with E-state index < -0.39 is 26.7 Å². The minimum absolute atomic E-state index is 0. The summed E-state index contributed by atoms with van der Waals surface area (Å²) < 4.78 is 66.8. The Morgan fingerprint density at radius 3 is 2.19 bits per heavy atom. The van der Waals surface area contributed by atoms with E-state index in [1.165, 1.54) is 31.4 Å². The molecule has 2 aromatic rings. The Hall–Kier alpha value is -2.41. The number of hydrogen-bond acceptors (Lipinski definition) is 6. The first-order chi connectivity index (χ1) is 19.3. The highest BCUT2D eigenvalue weighted by molar-refractivity contribution is 7.89. The topological polar surface area (TPSA) is 59.1 Å². The van der Waals surface area contributed by atoms with Gasteiger partial charge in [0.05, 0.1) is 15.4 Å². The van der Waals surface area contributed by atoms with Gasteiger partial charge >= 0.3 is 6.18 Å². The van der Waals surface area contributed by atoms with Crippen LogP contribution in [0.4, 0.5) is 24.5 Å². The van der Waals surface area contributed by atoms with Crippen LogP contribution in [-0.2, 0) is 16.2 Å². The molecule has 0 atom stereocenters. The van der Waals surface area contributed by atoms with Gasteiger partial charge in [-0.25, -0.2) is 12.7 Å². The molecule has 2 aliphatic rings. The van der Waals surface area contributed by atoms with Gasteiger partial charge in [-0.15, -0.1) is 0 Å². The Morgan fingerprint density at radius 1 is 1.00 bits per heavy atom. The molecular weight excluding hydrogens is 583 g/mol. The molecule has 234 valence electrons. The molecular formula is C30H44F3N5O2S2. The lowest BCUT2D eigenvalue weighted by Crippen LogP contribution is -2.47. The molecule has 0 unspecified atom stereocenters. The zero-order chi connectivity index (χ0) is 29.8. The molecule has 12 heteroatoms. The summed E-state index contributed by atoms with van der Waals surface area (Å²) in [5, 5.41) is 3.18. The molecule has 0 aromatic heterocycles. The van der Waals surface area contributed by atoms with Crippen molar-refractivity contribution in [2.24, 2.45) is 0 Å². The SMILES string of the molecule is C.Cc1ccc(N2CCN(CCCC(=S)N3CCC(Nc4ccc(S(=O)(=O)N(C)C)c(C(F)(F)F)c4)CC3)CC2)cc1. The van der Waals surface area contributed by atoms with Crippen LogP contribution >= 0.6 is 12.2 Å². The summed E-state index contributed by atoms with van der Waals surface area (Å²) in [5.41, 5.74) is 1.66. The van der Waals surface area contributed by atoms with Crippen molar-refractivity contribution in [2.75, 3.05) is 70.1 Å². The lowest BCUT2D eigenvalue weighted by Gasteiger charge is -2.37. The van der Waals surface area contributed by atoms with Crippen molar-refractivity contribution in [3.05, 3.63) is 53.6 Å². The van der Waals surface area contributed by atoms with Crippen LogP contribution in [0.3, 0.4) is 0 Å². The fraction of sp³-hybridized carbons (Fsp3) is 0.567. The van der Waals surface area contributed by atoms with E-state index >= 15 is 0 Å². The minimum atomic E-state index is -4.79. The maximum absolute atomic E-state index is 13.7. The van der Waals surface area contributed by atoms with Crippen LogP contribution in [0.2, 0.25) is 0 Å². The van der Waals surface area contributed by atoms with Crippen LogP contribution < -0.4 is 10.2 Å². The Morgan fingerprint density at radius 2 is 1.62 bits per heavy atom. The number of halogens is 3. The van der Waals surface area contributed by atoms with Crippen LogP contribution in [0.5, 0.6) is 0 Å². The predicted molar refractivity (Wildman–Crippen MR) is 169 cm³/mol. The fourth-order valence-electron chi connectivity index (χ4n) is 5.37. The van der Waals surface area contributed by atoms with Gasteiger partial charge in [0.2, 0.25) is 10.0 Å². The molecule has 2 heterocycles. The predicted octanol–water partition coefficient (Wildman–Crippen LogP) is 5.71. The Bertz CT molecular complexity index is 1290. The number of piperidine rings is 1. The van der Waals surface area contributed by atoms with Crippen LogP contribution in [0.15, 0.2) is 47.4 Å². The summed E-state index contributed by atoms with van der Waals surface area (Å²) in [6.07, 6.45) is -1.47. The maximum atomic E-state index is 13.7. The minimum Gasteiger partial charge on any atom is -0.382 e. The second-order valence-corrected chi connectivity index (χ2v) is 13.7. The van der Waals surface area contributed by atoms with E-state index in [-0.39, 0.29) is 19.2 Å². The molecule has 7 nitrogen and oxygen atoms in total. The number of hydrogen-bond donors (Lipinski definition) is 1. The molecule has 0 spiro atoms. The van der Waals surface area contributed by atoms with Gasteiger partial charge in [0.25, 0.3) is 0 Å². The summed E-state index contributed by atoms with van der Waals surface area (Å²) in [4.78, 5) is 7.33. The molecule has 2 aliphatic heterocycles.